The van der Waals surface area contributed by atoms with Crippen LogP contribution in [-0.2, 0) is 0 Å². The zero-order chi connectivity index (χ0) is 10.0. The van der Waals surface area contributed by atoms with E-state index < -0.39 is 12.1 Å². The van der Waals surface area contributed by atoms with Crippen molar-refractivity contribution >= 4 is 24.0 Å². The van der Waals surface area contributed by atoms with Crippen molar-refractivity contribution in [3.05, 3.63) is 28.8 Å². The van der Waals surface area contributed by atoms with Crippen LogP contribution < -0.4 is 5.73 Å². The monoisotopic (exact) mass is 237 g/mol. The first-order valence-electron chi connectivity index (χ1n) is 3.94. The second kappa shape index (κ2) is 5.41. The van der Waals surface area contributed by atoms with Gasteiger partial charge in [-0.1, -0.05) is 11.6 Å². The number of halogens is 2. The number of rotatable bonds is 2. The lowest BCUT2D eigenvalue weighted by molar-refractivity contribution is 0.163. The Bertz CT molecular complexity index is 305. The Labute approximate surface area is 93.9 Å². The molecular weight excluding hydrogens is 225 g/mol. The Balaban J connectivity index is 0.00000169. The van der Waals surface area contributed by atoms with Crippen LogP contribution in [0, 0.1) is 0 Å². The summed E-state index contributed by atoms with van der Waals surface area (Å²) in [6.07, 6.45) is -0.718. The fraction of sp³-hybridized carbons (Fsp3) is 0.333. The topological polar surface area (TPSA) is 66.5 Å². The van der Waals surface area contributed by atoms with Gasteiger partial charge in [-0.05, 0) is 25.1 Å². The summed E-state index contributed by atoms with van der Waals surface area (Å²) in [7, 11) is 0. The van der Waals surface area contributed by atoms with E-state index in [1.807, 2.05) is 0 Å². The van der Waals surface area contributed by atoms with Crippen molar-refractivity contribution in [1.29, 1.82) is 0 Å². The highest BCUT2D eigenvalue weighted by atomic mass is 35.5. The van der Waals surface area contributed by atoms with Crippen LogP contribution in [0.4, 0.5) is 0 Å². The molecular formula is C9H13Cl2NO2. The summed E-state index contributed by atoms with van der Waals surface area (Å²) < 4.78 is 0. The summed E-state index contributed by atoms with van der Waals surface area (Å²) in [5.41, 5.74) is 6.10. The SMILES string of the molecule is C[C@H](O)[C@H](N)c1cc(Cl)ccc1O.Cl. The molecule has 0 spiro atoms. The minimum absolute atomic E-state index is 0. The van der Waals surface area contributed by atoms with E-state index in [1.165, 1.54) is 6.07 Å². The molecule has 0 radical (unpaired) electrons. The molecule has 4 N–H and O–H groups in total. The van der Waals surface area contributed by atoms with Crippen molar-refractivity contribution in [1.82, 2.24) is 0 Å². The smallest absolute Gasteiger partial charge is 0.120 e. The molecule has 0 aliphatic rings. The molecule has 0 fully saturated rings. The van der Waals surface area contributed by atoms with Crippen LogP contribution >= 0.6 is 24.0 Å². The van der Waals surface area contributed by atoms with Gasteiger partial charge >= 0.3 is 0 Å². The summed E-state index contributed by atoms with van der Waals surface area (Å²) in [5.74, 6) is 0.0535. The molecule has 1 aromatic rings. The third-order valence-electron chi connectivity index (χ3n) is 1.87. The molecule has 0 heterocycles. The molecule has 0 aromatic heterocycles. The van der Waals surface area contributed by atoms with Gasteiger partial charge in [0.25, 0.3) is 0 Å². The molecule has 0 amide bonds. The van der Waals surface area contributed by atoms with E-state index in [0.29, 0.717) is 10.6 Å². The van der Waals surface area contributed by atoms with Crippen LogP contribution in [0.1, 0.15) is 18.5 Å². The van der Waals surface area contributed by atoms with Gasteiger partial charge in [-0.2, -0.15) is 0 Å². The predicted molar refractivity (Wildman–Crippen MR) is 59.0 cm³/mol. The van der Waals surface area contributed by atoms with Crippen LogP contribution in [-0.4, -0.2) is 16.3 Å². The van der Waals surface area contributed by atoms with Gasteiger partial charge in [0.2, 0.25) is 0 Å². The van der Waals surface area contributed by atoms with E-state index in [9.17, 15) is 10.2 Å². The van der Waals surface area contributed by atoms with Gasteiger partial charge < -0.3 is 15.9 Å². The molecule has 0 saturated carbocycles. The third kappa shape index (κ3) is 3.03. The Morgan fingerprint density at radius 3 is 2.50 bits per heavy atom. The number of hydrogen-bond donors (Lipinski definition) is 3. The molecule has 80 valence electrons. The van der Waals surface area contributed by atoms with Gasteiger partial charge in [0.05, 0.1) is 12.1 Å². The maximum absolute atomic E-state index is 9.40. The van der Waals surface area contributed by atoms with Gasteiger partial charge in [-0.25, -0.2) is 0 Å². The fourth-order valence-corrected chi connectivity index (χ4v) is 1.23. The van der Waals surface area contributed by atoms with Gasteiger partial charge in [-0.3, -0.25) is 0 Å². The number of phenolic OH excluding ortho intramolecular Hbond substituents is 1. The standard InChI is InChI=1S/C9H12ClNO2.ClH/c1-5(12)9(11)7-4-6(10)2-3-8(7)13;/h2-5,9,12-13H,11H2,1H3;1H/t5-,9-;/m0./s1. The van der Waals surface area contributed by atoms with Crippen molar-refractivity contribution in [2.24, 2.45) is 5.73 Å². The van der Waals surface area contributed by atoms with Crippen molar-refractivity contribution in [2.45, 2.75) is 19.1 Å². The van der Waals surface area contributed by atoms with Gasteiger partial charge in [-0.15, -0.1) is 12.4 Å². The van der Waals surface area contributed by atoms with Crippen molar-refractivity contribution in [3.63, 3.8) is 0 Å². The molecule has 0 bridgehead atoms. The van der Waals surface area contributed by atoms with Crippen molar-refractivity contribution in [3.8, 4) is 5.75 Å². The lowest BCUT2D eigenvalue weighted by atomic mass is 10.0. The van der Waals surface area contributed by atoms with Gasteiger partial charge in [0.1, 0.15) is 5.75 Å². The highest BCUT2D eigenvalue weighted by Crippen LogP contribution is 2.27. The Hall–Kier alpha value is -0.480. The molecule has 1 rings (SSSR count). The maximum Gasteiger partial charge on any atom is 0.120 e. The summed E-state index contributed by atoms with van der Waals surface area (Å²) >= 11 is 5.72. The van der Waals surface area contributed by atoms with Gasteiger partial charge in [0.15, 0.2) is 0 Å². The minimum Gasteiger partial charge on any atom is -0.508 e. The largest absolute Gasteiger partial charge is 0.508 e. The Kier molecular flexibility index (Phi) is 5.23. The third-order valence-corrected chi connectivity index (χ3v) is 2.10. The van der Waals surface area contributed by atoms with Crippen LogP contribution in [0.15, 0.2) is 18.2 Å². The molecule has 1 aromatic carbocycles. The Morgan fingerprint density at radius 1 is 1.43 bits per heavy atom. The molecule has 14 heavy (non-hydrogen) atoms. The second-order valence-electron chi connectivity index (χ2n) is 2.97. The predicted octanol–water partition coefficient (Wildman–Crippen LogP) is 1.85. The number of aliphatic hydroxyl groups excluding tert-OH is 1. The average Bonchev–Trinajstić information content (AvgIpc) is 2.08. The lowest BCUT2D eigenvalue weighted by Gasteiger charge is -2.16. The molecule has 0 aliphatic carbocycles. The van der Waals surface area contributed by atoms with Crippen LogP contribution in [0.5, 0.6) is 5.75 Å². The number of aliphatic hydroxyl groups is 1. The second-order valence-corrected chi connectivity index (χ2v) is 3.41. The quantitative estimate of drug-likeness (QED) is 0.736. The van der Waals surface area contributed by atoms with Crippen molar-refractivity contribution < 1.29 is 10.2 Å². The summed E-state index contributed by atoms with van der Waals surface area (Å²) in [5, 5.41) is 19.1. The first-order chi connectivity index (χ1) is 6.02. The highest BCUT2D eigenvalue weighted by Gasteiger charge is 2.15. The van der Waals surface area contributed by atoms with E-state index in [1.54, 1.807) is 19.1 Å². The van der Waals surface area contributed by atoms with E-state index in [0.717, 1.165) is 0 Å². The zero-order valence-corrected chi connectivity index (χ0v) is 9.22. The van der Waals surface area contributed by atoms with Crippen LogP contribution in [0.3, 0.4) is 0 Å². The first-order valence-corrected chi connectivity index (χ1v) is 4.32. The molecule has 3 nitrogen and oxygen atoms in total. The molecule has 0 aliphatic heterocycles. The summed E-state index contributed by atoms with van der Waals surface area (Å²) in [6.45, 7) is 1.56. The van der Waals surface area contributed by atoms with Gasteiger partial charge in [0, 0.05) is 10.6 Å². The van der Waals surface area contributed by atoms with E-state index in [4.69, 9.17) is 17.3 Å². The molecule has 2 atom stereocenters. The van der Waals surface area contributed by atoms with Crippen LogP contribution in [0.25, 0.3) is 0 Å². The first kappa shape index (κ1) is 13.5. The fourth-order valence-electron chi connectivity index (χ4n) is 1.05. The van der Waals surface area contributed by atoms with E-state index >= 15 is 0 Å². The van der Waals surface area contributed by atoms with Crippen molar-refractivity contribution in [2.75, 3.05) is 0 Å². The number of aromatic hydroxyl groups is 1. The molecule has 5 heteroatoms. The number of benzene rings is 1. The number of hydrogen-bond acceptors (Lipinski definition) is 3. The minimum atomic E-state index is -0.718. The lowest BCUT2D eigenvalue weighted by Crippen LogP contribution is -2.23. The summed E-state index contributed by atoms with van der Waals surface area (Å²) in [4.78, 5) is 0. The maximum atomic E-state index is 9.40. The normalized spacial score (nSPS) is 14.3. The number of nitrogens with two attached hydrogens (primary N) is 1. The summed E-state index contributed by atoms with van der Waals surface area (Å²) in [6, 6.07) is 3.96. The number of phenols is 1. The highest BCUT2D eigenvalue weighted by molar-refractivity contribution is 6.30. The molecule has 0 unspecified atom stereocenters. The Morgan fingerprint density at radius 2 is 2.00 bits per heavy atom. The van der Waals surface area contributed by atoms with Crippen LogP contribution in [0.2, 0.25) is 5.02 Å². The van der Waals surface area contributed by atoms with E-state index in [2.05, 4.69) is 0 Å². The average molecular weight is 238 g/mol. The molecule has 0 saturated heterocycles. The van der Waals surface area contributed by atoms with E-state index in [-0.39, 0.29) is 18.2 Å². The zero-order valence-electron chi connectivity index (χ0n) is 7.64.